The lowest BCUT2D eigenvalue weighted by Gasteiger charge is -1.93. The van der Waals surface area contributed by atoms with Gasteiger partial charge in [0, 0.05) is 25.1 Å². The van der Waals surface area contributed by atoms with Gasteiger partial charge in [-0.25, -0.2) is 0 Å². The molecule has 58 valence electrons. The fourth-order valence-electron chi connectivity index (χ4n) is 0.519. The van der Waals surface area contributed by atoms with E-state index < -0.39 is 0 Å². The van der Waals surface area contributed by atoms with E-state index in [0.29, 0.717) is 0 Å². The topological polar surface area (TPSA) is 24.9 Å². The van der Waals surface area contributed by atoms with E-state index in [9.17, 15) is 0 Å². The maximum absolute atomic E-state index is 3.85. The lowest BCUT2D eigenvalue weighted by Crippen LogP contribution is -1.85. The Hall–Kier alpha value is -0.470. The lowest BCUT2D eigenvalue weighted by atomic mass is 10.4. The van der Waals surface area contributed by atoms with Crippen LogP contribution in [-0.4, -0.2) is 12.0 Å². The highest BCUT2D eigenvalue weighted by Crippen LogP contribution is 1.99. The summed E-state index contributed by atoms with van der Waals surface area (Å²) in [5.74, 6) is 0. The monoisotopic (exact) mass is 180 g/mol. The lowest BCUT2D eigenvalue weighted by molar-refractivity contribution is 1.32. The molecule has 0 aliphatic carbocycles. The second-order valence-corrected chi connectivity index (χ2v) is 1.49. The van der Waals surface area contributed by atoms with Crippen molar-refractivity contribution in [1.82, 2.24) is 4.98 Å². The van der Waals surface area contributed by atoms with Crippen LogP contribution in [0.2, 0.25) is 0 Å². The molecule has 4 heteroatoms. The first-order valence-corrected chi connectivity index (χ1v) is 2.51. The predicted octanol–water partition coefficient (Wildman–Crippen LogP) is 1.97. The number of pyridine rings is 1. The molecule has 0 amide bonds. The van der Waals surface area contributed by atoms with E-state index in [4.69, 9.17) is 0 Å². The summed E-state index contributed by atoms with van der Waals surface area (Å²) in [5.41, 5.74) is 1.10. The first-order chi connectivity index (χ1) is 3.93. The molecule has 0 unspecified atom stereocenters. The Balaban J connectivity index is 0. The van der Waals surface area contributed by atoms with Gasteiger partial charge in [-0.2, -0.15) is 0 Å². The molecule has 0 saturated carbocycles. The van der Waals surface area contributed by atoms with E-state index in [0.717, 1.165) is 5.69 Å². The average molecular weight is 181 g/mol. The number of aromatic nitrogens is 1. The summed E-state index contributed by atoms with van der Waals surface area (Å²) in [6.45, 7) is 0. The summed E-state index contributed by atoms with van der Waals surface area (Å²) in [6, 6.07) is 3.83. The Kier molecular flexibility index (Phi) is 8.13. The normalized spacial score (nSPS) is 6.90. The van der Waals surface area contributed by atoms with Crippen molar-refractivity contribution >= 4 is 30.5 Å². The van der Waals surface area contributed by atoms with Crippen molar-refractivity contribution in [2.45, 2.75) is 0 Å². The van der Waals surface area contributed by atoms with Gasteiger partial charge in [-0.05, 0) is 12.1 Å². The molecule has 0 aliphatic rings. The van der Waals surface area contributed by atoms with Crippen LogP contribution in [0.5, 0.6) is 0 Å². The van der Waals surface area contributed by atoms with E-state index in [-0.39, 0.29) is 24.8 Å². The summed E-state index contributed by atoms with van der Waals surface area (Å²) >= 11 is 0. The number of nitrogens with one attached hydrogen (secondary N) is 1. The highest BCUT2D eigenvalue weighted by atomic mass is 35.5. The first kappa shape index (κ1) is 12.2. The van der Waals surface area contributed by atoms with Gasteiger partial charge in [-0.1, -0.05) is 0 Å². The zero-order valence-electron chi connectivity index (χ0n) is 5.57. The van der Waals surface area contributed by atoms with Crippen LogP contribution in [0.3, 0.4) is 0 Å². The molecular formula is C6H10Cl2N2. The van der Waals surface area contributed by atoms with Crippen molar-refractivity contribution in [2.24, 2.45) is 0 Å². The zero-order chi connectivity index (χ0) is 5.82. The molecular weight excluding hydrogens is 171 g/mol. The van der Waals surface area contributed by atoms with Crippen LogP contribution in [0.1, 0.15) is 0 Å². The summed E-state index contributed by atoms with van der Waals surface area (Å²) in [7, 11) is 1.88. The standard InChI is InChI=1S/C6H8N2.2ClH/c1-7-6-2-4-8-5-3-6;;/h2-5H,1H3,(H,7,8);2*1H. The molecule has 0 atom stereocenters. The summed E-state index contributed by atoms with van der Waals surface area (Å²) in [4.78, 5) is 3.85. The van der Waals surface area contributed by atoms with Crippen molar-refractivity contribution in [3.63, 3.8) is 0 Å². The quantitative estimate of drug-likeness (QED) is 0.716. The fourth-order valence-corrected chi connectivity index (χ4v) is 0.519. The third kappa shape index (κ3) is 3.54. The van der Waals surface area contributed by atoms with E-state index >= 15 is 0 Å². The Labute approximate surface area is 72.9 Å². The smallest absolute Gasteiger partial charge is 0.0368 e. The first-order valence-electron chi connectivity index (χ1n) is 2.51. The van der Waals surface area contributed by atoms with Gasteiger partial charge >= 0.3 is 0 Å². The van der Waals surface area contributed by atoms with Crippen LogP contribution < -0.4 is 5.32 Å². The molecule has 1 heterocycles. The highest BCUT2D eigenvalue weighted by Gasteiger charge is 1.78. The van der Waals surface area contributed by atoms with Crippen LogP contribution in [0.15, 0.2) is 24.5 Å². The van der Waals surface area contributed by atoms with Crippen LogP contribution >= 0.6 is 24.8 Å². The van der Waals surface area contributed by atoms with Crippen LogP contribution in [0, 0.1) is 0 Å². The van der Waals surface area contributed by atoms with Gasteiger partial charge in [-0.3, -0.25) is 4.98 Å². The molecule has 0 spiro atoms. The fraction of sp³-hybridized carbons (Fsp3) is 0.167. The van der Waals surface area contributed by atoms with Gasteiger partial charge in [-0.15, -0.1) is 24.8 Å². The van der Waals surface area contributed by atoms with Crippen molar-refractivity contribution in [2.75, 3.05) is 12.4 Å². The maximum atomic E-state index is 3.85. The molecule has 2 nitrogen and oxygen atoms in total. The molecule has 1 aromatic rings. The summed E-state index contributed by atoms with van der Waals surface area (Å²) in [6.07, 6.45) is 3.51. The van der Waals surface area contributed by atoms with Gasteiger partial charge in [0.1, 0.15) is 0 Å². The molecule has 10 heavy (non-hydrogen) atoms. The van der Waals surface area contributed by atoms with Crippen LogP contribution in [-0.2, 0) is 0 Å². The van der Waals surface area contributed by atoms with Crippen molar-refractivity contribution in [3.8, 4) is 0 Å². The minimum atomic E-state index is 0. The molecule has 0 bridgehead atoms. The van der Waals surface area contributed by atoms with E-state index in [1.807, 2.05) is 19.2 Å². The average Bonchev–Trinajstić information content (AvgIpc) is 1.90. The molecule has 1 N–H and O–H groups in total. The number of hydrogen-bond donors (Lipinski definition) is 1. The molecule has 0 saturated heterocycles. The van der Waals surface area contributed by atoms with Gasteiger partial charge in [0.05, 0.1) is 0 Å². The number of anilines is 1. The maximum Gasteiger partial charge on any atom is 0.0368 e. The summed E-state index contributed by atoms with van der Waals surface area (Å²) in [5, 5.41) is 2.99. The largest absolute Gasteiger partial charge is 0.388 e. The van der Waals surface area contributed by atoms with Crippen LogP contribution in [0.4, 0.5) is 5.69 Å². The Morgan fingerprint density at radius 3 is 2.00 bits per heavy atom. The minimum absolute atomic E-state index is 0. The Morgan fingerprint density at radius 2 is 1.70 bits per heavy atom. The number of halogens is 2. The number of hydrogen-bond acceptors (Lipinski definition) is 2. The van der Waals surface area contributed by atoms with E-state index in [2.05, 4.69) is 10.3 Å². The predicted molar refractivity (Wildman–Crippen MR) is 48.3 cm³/mol. The molecule has 1 aromatic heterocycles. The van der Waals surface area contributed by atoms with Crippen molar-refractivity contribution in [1.29, 1.82) is 0 Å². The van der Waals surface area contributed by atoms with Crippen molar-refractivity contribution < 1.29 is 0 Å². The molecule has 1 rings (SSSR count). The molecule has 0 aromatic carbocycles. The van der Waals surface area contributed by atoms with E-state index in [1.165, 1.54) is 0 Å². The van der Waals surface area contributed by atoms with Gasteiger partial charge in [0.15, 0.2) is 0 Å². The van der Waals surface area contributed by atoms with Gasteiger partial charge in [0.25, 0.3) is 0 Å². The minimum Gasteiger partial charge on any atom is -0.388 e. The Morgan fingerprint density at radius 1 is 1.20 bits per heavy atom. The second kappa shape index (κ2) is 6.65. The van der Waals surface area contributed by atoms with Gasteiger partial charge in [0.2, 0.25) is 0 Å². The molecule has 0 radical (unpaired) electrons. The second-order valence-electron chi connectivity index (χ2n) is 1.49. The van der Waals surface area contributed by atoms with Crippen LogP contribution in [0.25, 0.3) is 0 Å². The van der Waals surface area contributed by atoms with Gasteiger partial charge < -0.3 is 5.32 Å². The van der Waals surface area contributed by atoms with Crippen molar-refractivity contribution in [3.05, 3.63) is 24.5 Å². The Bertz CT molecular complexity index is 155. The van der Waals surface area contributed by atoms with E-state index in [1.54, 1.807) is 12.4 Å². The SMILES string of the molecule is CNc1ccncc1.Cl.Cl. The molecule has 0 aliphatic heterocycles. The number of nitrogens with zero attached hydrogens (tertiary/aromatic N) is 1. The highest BCUT2D eigenvalue weighted by molar-refractivity contribution is 5.85. The third-order valence-corrected chi connectivity index (χ3v) is 0.969. The number of rotatable bonds is 1. The molecule has 0 fully saturated rings. The summed E-state index contributed by atoms with van der Waals surface area (Å²) < 4.78 is 0. The third-order valence-electron chi connectivity index (χ3n) is 0.969. The zero-order valence-corrected chi connectivity index (χ0v) is 7.21.